The summed E-state index contributed by atoms with van der Waals surface area (Å²) < 4.78 is 0. The van der Waals surface area contributed by atoms with Crippen LogP contribution in [-0.4, -0.2) is 21.8 Å². The second-order valence-corrected chi connectivity index (χ2v) is 1.72. The summed E-state index contributed by atoms with van der Waals surface area (Å²) in [6.07, 6.45) is 1.50. The fourth-order valence-corrected chi connectivity index (χ4v) is 0.587. The zero-order valence-electron chi connectivity index (χ0n) is 6.00. The van der Waals surface area contributed by atoms with Crippen LogP contribution in [-0.2, 0) is 4.79 Å². The summed E-state index contributed by atoms with van der Waals surface area (Å²) in [7, 11) is 0. The molecule has 0 bridgehead atoms. The number of hydrogen-bond donors (Lipinski definition) is 2. The molecule has 1 rings (SSSR count). The first-order valence-electron chi connectivity index (χ1n) is 2.63. The van der Waals surface area contributed by atoms with Gasteiger partial charge in [0, 0.05) is 6.20 Å². The molecule has 1 aromatic rings. The first-order chi connectivity index (χ1) is 4.72. The van der Waals surface area contributed by atoms with Crippen LogP contribution in [0, 0.1) is 0 Å². The number of carbonyl (C=O) groups is 2. The van der Waals surface area contributed by atoms with E-state index in [-0.39, 0.29) is 57.1 Å². The van der Waals surface area contributed by atoms with Crippen molar-refractivity contribution in [3.8, 4) is 0 Å². The van der Waals surface area contributed by atoms with Gasteiger partial charge >= 0.3 is 57.4 Å². The largest absolute Gasteiger partial charge is 1.00 e. The summed E-state index contributed by atoms with van der Waals surface area (Å²) >= 11 is 0. The standard InChI is InChI=1S/C6H5NO3.K/c8-5(6(9)10)4-2-1-3-7-4;/h1-3,7H,(H,9,10);/q;+1. The normalized spacial score (nSPS) is 8.36. The molecule has 0 radical (unpaired) electrons. The van der Waals surface area contributed by atoms with E-state index in [1.807, 2.05) is 0 Å². The van der Waals surface area contributed by atoms with Crippen LogP contribution in [0.25, 0.3) is 0 Å². The Balaban J connectivity index is 0.000001000. The van der Waals surface area contributed by atoms with Gasteiger partial charge in [-0.1, -0.05) is 0 Å². The van der Waals surface area contributed by atoms with Crippen molar-refractivity contribution in [3.05, 3.63) is 24.0 Å². The summed E-state index contributed by atoms with van der Waals surface area (Å²) in [5.41, 5.74) is 0.104. The van der Waals surface area contributed by atoms with Gasteiger partial charge in [0.25, 0.3) is 5.78 Å². The Labute approximate surface area is 105 Å². The first kappa shape index (κ1) is 11.1. The minimum Gasteiger partial charge on any atom is -0.475 e. The van der Waals surface area contributed by atoms with Crippen molar-refractivity contribution in [2.24, 2.45) is 0 Å². The molecule has 0 saturated heterocycles. The van der Waals surface area contributed by atoms with Crippen molar-refractivity contribution in [1.29, 1.82) is 0 Å². The number of Topliss-reactive ketones (excluding diaryl/α,β-unsaturated/α-hetero) is 1. The van der Waals surface area contributed by atoms with Gasteiger partial charge in [-0.2, -0.15) is 0 Å². The molecule has 4 nitrogen and oxygen atoms in total. The second kappa shape index (κ2) is 4.84. The number of aromatic amines is 1. The topological polar surface area (TPSA) is 70.2 Å². The Hall–Kier alpha value is 0.0564. The fourth-order valence-electron chi connectivity index (χ4n) is 0.587. The maximum absolute atomic E-state index is 10.6. The predicted octanol–water partition coefficient (Wildman–Crippen LogP) is -2.71. The van der Waals surface area contributed by atoms with E-state index in [9.17, 15) is 9.59 Å². The molecule has 1 aromatic heterocycles. The van der Waals surface area contributed by atoms with Crippen LogP contribution in [0.2, 0.25) is 0 Å². The summed E-state index contributed by atoms with van der Waals surface area (Å²) in [5.74, 6) is -2.35. The van der Waals surface area contributed by atoms with Gasteiger partial charge in [-0.25, -0.2) is 4.79 Å². The van der Waals surface area contributed by atoms with E-state index in [0.717, 1.165) is 0 Å². The fraction of sp³-hybridized carbons (Fsp3) is 0. The van der Waals surface area contributed by atoms with Crippen molar-refractivity contribution in [1.82, 2.24) is 4.98 Å². The molecule has 0 spiro atoms. The minimum atomic E-state index is -1.44. The Morgan fingerprint density at radius 1 is 1.45 bits per heavy atom. The third kappa shape index (κ3) is 2.88. The van der Waals surface area contributed by atoms with Crippen LogP contribution >= 0.6 is 0 Å². The van der Waals surface area contributed by atoms with Gasteiger partial charge in [0.2, 0.25) is 0 Å². The minimum absolute atomic E-state index is 0. The van der Waals surface area contributed by atoms with E-state index < -0.39 is 11.8 Å². The molecule has 52 valence electrons. The van der Waals surface area contributed by atoms with Crippen LogP contribution in [0.15, 0.2) is 18.3 Å². The van der Waals surface area contributed by atoms with E-state index in [0.29, 0.717) is 0 Å². The Morgan fingerprint density at radius 2 is 2.09 bits per heavy atom. The number of carboxylic acid groups (broad SMARTS) is 1. The number of ketones is 1. The van der Waals surface area contributed by atoms with E-state index in [1.165, 1.54) is 12.3 Å². The molecule has 0 saturated carbocycles. The number of aliphatic carboxylic acids is 1. The van der Waals surface area contributed by atoms with Crippen molar-refractivity contribution in [3.63, 3.8) is 0 Å². The molecule has 0 aliphatic carbocycles. The molecular formula is C6H5KNO3+. The van der Waals surface area contributed by atoms with Crippen LogP contribution in [0.3, 0.4) is 0 Å². The molecule has 0 fully saturated rings. The van der Waals surface area contributed by atoms with E-state index in [2.05, 4.69) is 4.98 Å². The zero-order valence-corrected chi connectivity index (χ0v) is 9.12. The molecule has 0 aliphatic rings. The molecule has 0 aromatic carbocycles. The molecule has 0 aliphatic heterocycles. The molecule has 1 heterocycles. The van der Waals surface area contributed by atoms with Crippen LogP contribution in [0.5, 0.6) is 0 Å². The number of aromatic nitrogens is 1. The van der Waals surface area contributed by atoms with Crippen molar-refractivity contribution < 1.29 is 66.1 Å². The number of rotatable bonds is 2. The van der Waals surface area contributed by atoms with Crippen molar-refractivity contribution in [2.75, 3.05) is 0 Å². The number of nitrogens with one attached hydrogen (secondary N) is 1. The van der Waals surface area contributed by atoms with Gasteiger partial charge in [-0.15, -0.1) is 0 Å². The van der Waals surface area contributed by atoms with Gasteiger partial charge in [0.1, 0.15) is 0 Å². The van der Waals surface area contributed by atoms with E-state index >= 15 is 0 Å². The van der Waals surface area contributed by atoms with Gasteiger partial charge in [0.05, 0.1) is 5.69 Å². The second-order valence-electron chi connectivity index (χ2n) is 1.72. The SMILES string of the molecule is O=C(O)C(=O)c1ccc[nH]1.[K+]. The van der Waals surface area contributed by atoms with Crippen molar-refractivity contribution in [2.45, 2.75) is 0 Å². The van der Waals surface area contributed by atoms with E-state index in [1.54, 1.807) is 6.07 Å². The van der Waals surface area contributed by atoms with Crippen LogP contribution in [0.1, 0.15) is 10.5 Å². The maximum atomic E-state index is 10.6. The number of carboxylic acids is 1. The Morgan fingerprint density at radius 3 is 2.45 bits per heavy atom. The molecule has 2 N–H and O–H groups in total. The third-order valence-electron chi connectivity index (χ3n) is 1.04. The third-order valence-corrected chi connectivity index (χ3v) is 1.04. The summed E-state index contributed by atoms with van der Waals surface area (Å²) in [6.45, 7) is 0. The van der Waals surface area contributed by atoms with Crippen molar-refractivity contribution >= 4 is 11.8 Å². The monoisotopic (exact) mass is 178 g/mol. The molecule has 0 unspecified atom stereocenters. The van der Waals surface area contributed by atoms with Crippen LogP contribution in [0.4, 0.5) is 0 Å². The Bertz CT molecular complexity index is 255. The summed E-state index contributed by atoms with van der Waals surface area (Å²) in [4.78, 5) is 23.1. The zero-order chi connectivity index (χ0) is 7.56. The Kier molecular flexibility index (Phi) is 4.86. The van der Waals surface area contributed by atoms with Gasteiger partial charge in [0.15, 0.2) is 0 Å². The van der Waals surface area contributed by atoms with Gasteiger partial charge < -0.3 is 10.1 Å². The average Bonchev–Trinajstić information content (AvgIpc) is 2.36. The quantitative estimate of drug-likeness (QED) is 0.294. The molecular weight excluding hydrogens is 173 g/mol. The molecule has 5 heteroatoms. The molecule has 0 atom stereocenters. The van der Waals surface area contributed by atoms with Crippen LogP contribution < -0.4 is 51.4 Å². The van der Waals surface area contributed by atoms with Gasteiger partial charge in [-0.3, -0.25) is 4.79 Å². The smallest absolute Gasteiger partial charge is 0.475 e. The molecule has 11 heavy (non-hydrogen) atoms. The number of hydrogen-bond acceptors (Lipinski definition) is 2. The number of H-pyrrole nitrogens is 1. The average molecular weight is 178 g/mol. The maximum Gasteiger partial charge on any atom is 1.00 e. The first-order valence-corrected chi connectivity index (χ1v) is 2.63. The predicted molar refractivity (Wildman–Crippen MR) is 32.8 cm³/mol. The summed E-state index contributed by atoms with van der Waals surface area (Å²) in [6, 6.07) is 2.98. The molecule has 0 amide bonds. The number of carbonyl (C=O) groups excluding carboxylic acids is 1. The summed E-state index contributed by atoms with van der Waals surface area (Å²) in [5, 5.41) is 8.18. The van der Waals surface area contributed by atoms with E-state index in [4.69, 9.17) is 5.11 Å². The van der Waals surface area contributed by atoms with Gasteiger partial charge in [-0.05, 0) is 12.1 Å².